The lowest BCUT2D eigenvalue weighted by Crippen LogP contribution is -2.06. The van der Waals surface area contributed by atoms with Gasteiger partial charge < -0.3 is 14.5 Å². The van der Waals surface area contributed by atoms with Crippen LogP contribution in [0.3, 0.4) is 0 Å². The first-order chi connectivity index (χ1) is 8.27. The molecule has 0 unspecified atom stereocenters. The van der Waals surface area contributed by atoms with Crippen molar-refractivity contribution in [1.82, 2.24) is 4.98 Å². The van der Waals surface area contributed by atoms with Crippen molar-refractivity contribution in [2.75, 3.05) is 14.2 Å². The Morgan fingerprint density at radius 1 is 1.06 bits per heavy atom. The van der Waals surface area contributed by atoms with Gasteiger partial charge >= 0.3 is 0 Å². The van der Waals surface area contributed by atoms with Crippen molar-refractivity contribution in [3.8, 4) is 11.5 Å². The zero-order valence-corrected chi connectivity index (χ0v) is 9.69. The minimum Gasteiger partial charge on any atom is -0.496 e. The number of H-pyrrole nitrogens is 1. The maximum atomic E-state index is 12.3. The quantitative estimate of drug-likeness (QED) is 0.821. The van der Waals surface area contributed by atoms with Crippen molar-refractivity contribution in [1.29, 1.82) is 0 Å². The van der Waals surface area contributed by atoms with E-state index in [1.807, 2.05) is 0 Å². The summed E-state index contributed by atoms with van der Waals surface area (Å²) < 4.78 is 10.4. The van der Waals surface area contributed by atoms with E-state index >= 15 is 0 Å². The number of carbonyl (C=O) groups excluding carboxylic acids is 1. The average molecular weight is 231 g/mol. The first-order valence-electron chi connectivity index (χ1n) is 5.17. The number of ether oxygens (including phenoxy) is 2. The summed E-state index contributed by atoms with van der Waals surface area (Å²) >= 11 is 0. The molecule has 17 heavy (non-hydrogen) atoms. The van der Waals surface area contributed by atoms with E-state index in [1.54, 1.807) is 36.5 Å². The van der Waals surface area contributed by atoms with Crippen molar-refractivity contribution < 1.29 is 14.3 Å². The van der Waals surface area contributed by atoms with Crippen LogP contribution in [0.15, 0.2) is 36.5 Å². The van der Waals surface area contributed by atoms with Crippen molar-refractivity contribution >= 4 is 5.78 Å². The number of ketones is 1. The van der Waals surface area contributed by atoms with E-state index < -0.39 is 0 Å². The Bertz CT molecular complexity index is 495. The molecule has 0 aliphatic rings. The molecule has 0 atom stereocenters. The molecule has 0 saturated carbocycles. The highest BCUT2D eigenvalue weighted by molar-refractivity contribution is 6.11. The molecule has 0 amide bonds. The number of rotatable bonds is 4. The summed E-state index contributed by atoms with van der Waals surface area (Å²) in [7, 11) is 3.06. The number of benzene rings is 1. The van der Waals surface area contributed by atoms with E-state index in [-0.39, 0.29) is 5.78 Å². The molecular weight excluding hydrogens is 218 g/mol. The first-order valence-corrected chi connectivity index (χ1v) is 5.17. The highest BCUT2D eigenvalue weighted by atomic mass is 16.5. The predicted octanol–water partition coefficient (Wildman–Crippen LogP) is 2.26. The molecule has 88 valence electrons. The van der Waals surface area contributed by atoms with E-state index in [0.717, 1.165) is 0 Å². The zero-order chi connectivity index (χ0) is 12.3. The smallest absolute Gasteiger partial charge is 0.216 e. The standard InChI is InChI=1S/C13H13NO3/c1-16-10-6-3-7-11(17-2)12(10)13(15)9-5-4-8-14-9/h3-8,14H,1-2H3. The van der Waals surface area contributed by atoms with E-state index in [0.29, 0.717) is 22.8 Å². The van der Waals surface area contributed by atoms with Crippen LogP contribution < -0.4 is 9.47 Å². The lowest BCUT2D eigenvalue weighted by atomic mass is 10.1. The molecule has 1 aromatic heterocycles. The fraction of sp³-hybridized carbons (Fsp3) is 0.154. The van der Waals surface area contributed by atoms with E-state index in [9.17, 15) is 4.79 Å². The molecule has 0 radical (unpaired) electrons. The monoisotopic (exact) mass is 231 g/mol. The third-order valence-electron chi connectivity index (χ3n) is 2.50. The summed E-state index contributed by atoms with van der Waals surface area (Å²) in [6.45, 7) is 0. The fourth-order valence-corrected chi connectivity index (χ4v) is 1.68. The van der Waals surface area contributed by atoms with E-state index in [4.69, 9.17) is 9.47 Å². The van der Waals surface area contributed by atoms with Gasteiger partial charge in [0.25, 0.3) is 0 Å². The second kappa shape index (κ2) is 4.74. The van der Waals surface area contributed by atoms with Crippen LogP contribution in [-0.2, 0) is 0 Å². The molecule has 0 aliphatic carbocycles. The van der Waals surface area contributed by atoms with Gasteiger partial charge in [0.05, 0.1) is 19.9 Å². The van der Waals surface area contributed by atoms with Gasteiger partial charge in [0, 0.05) is 6.20 Å². The van der Waals surface area contributed by atoms with Crippen LogP contribution in [0.25, 0.3) is 0 Å². The fourth-order valence-electron chi connectivity index (χ4n) is 1.68. The maximum absolute atomic E-state index is 12.3. The third-order valence-corrected chi connectivity index (χ3v) is 2.50. The maximum Gasteiger partial charge on any atom is 0.216 e. The largest absolute Gasteiger partial charge is 0.496 e. The summed E-state index contributed by atoms with van der Waals surface area (Å²) in [5, 5.41) is 0. The summed E-state index contributed by atoms with van der Waals surface area (Å²) in [6.07, 6.45) is 1.70. The van der Waals surface area contributed by atoms with Gasteiger partial charge in [-0.2, -0.15) is 0 Å². The number of aromatic amines is 1. The van der Waals surface area contributed by atoms with Crippen LogP contribution in [0.4, 0.5) is 0 Å². The van der Waals surface area contributed by atoms with Crippen LogP contribution in [0.2, 0.25) is 0 Å². The Morgan fingerprint density at radius 2 is 1.71 bits per heavy atom. The van der Waals surface area contributed by atoms with Gasteiger partial charge in [0.15, 0.2) is 0 Å². The lowest BCUT2D eigenvalue weighted by molar-refractivity contribution is 0.102. The number of hydrogen-bond donors (Lipinski definition) is 1. The van der Waals surface area contributed by atoms with Crippen LogP contribution in [0, 0.1) is 0 Å². The molecule has 0 spiro atoms. The molecule has 1 aromatic carbocycles. The van der Waals surface area contributed by atoms with Crippen molar-refractivity contribution in [3.05, 3.63) is 47.8 Å². The van der Waals surface area contributed by atoms with Gasteiger partial charge in [0.1, 0.15) is 17.1 Å². The summed E-state index contributed by atoms with van der Waals surface area (Å²) in [4.78, 5) is 15.2. The Morgan fingerprint density at radius 3 is 2.18 bits per heavy atom. The number of aromatic nitrogens is 1. The second-order valence-electron chi connectivity index (χ2n) is 3.45. The summed E-state index contributed by atoms with van der Waals surface area (Å²) in [5.74, 6) is 0.859. The zero-order valence-electron chi connectivity index (χ0n) is 9.69. The highest BCUT2D eigenvalue weighted by Crippen LogP contribution is 2.30. The Balaban J connectivity index is 2.53. The topological polar surface area (TPSA) is 51.3 Å². The second-order valence-corrected chi connectivity index (χ2v) is 3.45. The molecule has 4 nitrogen and oxygen atoms in total. The molecule has 1 N–H and O–H groups in total. The van der Waals surface area contributed by atoms with E-state index in [1.165, 1.54) is 14.2 Å². The number of carbonyl (C=O) groups is 1. The highest BCUT2D eigenvalue weighted by Gasteiger charge is 2.19. The number of methoxy groups -OCH3 is 2. The van der Waals surface area contributed by atoms with Crippen molar-refractivity contribution in [2.24, 2.45) is 0 Å². The van der Waals surface area contributed by atoms with E-state index in [2.05, 4.69) is 4.98 Å². The van der Waals surface area contributed by atoms with Gasteiger partial charge in [-0.25, -0.2) is 0 Å². The number of nitrogens with one attached hydrogen (secondary N) is 1. The molecule has 1 heterocycles. The minimum atomic E-state index is -0.149. The number of hydrogen-bond acceptors (Lipinski definition) is 3. The van der Waals surface area contributed by atoms with Gasteiger partial charge in [-0.05, 0) is 24.3 Å². The van der Waals surface area contributed by atoms with Gasteiger partial charge in [0.2, 0.25) is 5.78 Å². The molecule has 0 aliphatic heterocycles. The summed E-state index contributed by atoms with van der Waals surface area (Å²) in [6, 6.07) is 8.74. The Labute approximate surface area is 99.2 Å². The molecular formula is C13H13NO3. The predicted molar refractivity (Wildman–Crippen MR) is 63.8 cm³/mol. The third kappa shape index (κ3) is 2.01. The Hall–Kier alpha value is -2.23. The molecule has 2 rings (SSSR count). The molecule has 0 bridgehead atoms. The molecule has 2 aromatic rings. The molecule has 0 saturated heterocycles. The SMILES string of the molecule is COc1cccc(OC)c1C(=O)c1ccc[nH]1. The average Bonchev–Trinajstić information content (AvgIpc) is 2.90. The Kier molecular flexibility index (Phi) is 3.14. The normalized spacial score (nSPS) is 10.0. The van der Waals surface area contributed by atoms with Crippen LogP contribution >= 0.6 is 0 Å². The van der Waals surface area contributed by atoms with Crippen LogP contribution in [0.5, 0.6) is 11.5 Å². The van der Waals surface area contributed by atoms with Gasteiger partial charge in [-0.1, -0.05) is 6.07 Å². The van der Waals surface area contributed by atoms with Gasteiger partial charge in [-0.15, -0.1) is 0 Å². The summed E-state index contributed by atoms with van der Waals surface area (Å²) in [5.41, 5.74) is 0.938. The minimum absolute atomic E-state index is 0.149. The van der Waals surface area contributed by atoms with Gasteiger partial charge in [-0.3, -0.25) is 4.79 Å². The molecule has 0 fully saturated rings. The lowest BCUT2D eigenvalue weighted by Gasteiger charge is -2.11. The van der Waals surface area contributed by atoms with Crippen molar-refractivity contribution in [2.45, 2.75) is 0 Å². The van der Waals surface area contributed by atoms with Crippen molar-refractivity contribution in [3.63, 3.8) is 0 Å². The van der Waals surface area contributed by atoms with Crippen LogP contribution in [0.1, 0.15) is 16.1 Å². The first kappa shape index (κ1) is 11.3. The molecule has 4 heteroatoms. The van der Waals surface area contributed by atoms with Crippen LogP contribution in [-0.4, -0.2) is 25.0 Å².